The number of anilines is 1. The number of carbonyl (C=O) groups excluding carboxylic acids is 1. The molecular weight excluding hydrogens is 485 g/mol. The molecular formula is C22H23BrFN3O5. The number of fused-ring (bicyclic) bond motifs is 1. The van der Waals surface area contributed by atoms with Crippen LogP contribution in [0.15, 0.2) is 40.9 Å². The first kappa shape index (κ1) is 22.2. The number of alkyl carbamates (subject to hydrolysis) is 1. The molecule has 4 rings (SSSR count). The van der Waals surface area contributed by atoms with Gasteiger partial charge in [-0.05, 0) is 27.6 Å². The number of halogens is 2. The molecule has 1 fully saturated rings. The predicted molar refractivity (Wildman–Crippen MR) is 119 cm³/mol. The van der Waals surface area contributed by atoms with Gasteiger partial charge in [-0.15, -0.1) is 0 Å². The molecule has 1 saturated heterocycles. The Balaban J connectivity index is 1.39. The molecule has 2 amide bonds. The van der Waals surface area contributed by atoms with E-state index >= 15 is 0 Å². The maximum atomic E-state index is 15.0. The Kier molecular flexibility index (Phi) is 6.69. The van der Waals surface area contributed by atoms with E-state index in [0.717, 1.165) is 5.56 Å². The molecule has 0 aliphatic carbocycles. The number of amides is 2. The summed E-state index contributed by atoms with van der Waals surface area (Å²) in [7, 11) is 0. The molecule has 2 heterocycles. The van der Waals surface area contributed by atoms with Crippen LogP contribution in [0.25, 0.3) is 0 Å². The average Bonchev–Trinajstić information content (AvgIpc) is 2.81. The van der Waals surface area contributed by atoms with Gasteiger partial charge in [0.1, 0.15) is 24.8 Å². The SMILES string of the molecule is O=C(N[C@H]1COc2c(Br)c(N3CCN(C(=O)O)CC3)cc(F)c2C1)OCc1ccccc1. The van der Waals surface area contributed by atoms with Crippen molar-refractivity contribution >= 4 is 33.8 Å². The third kappa shape index (κ3) is 4.90. The number of ether oxygens (including phenoxy) is 2. The quantitative estimate of drug-likeness (QED) is 0.656. The highest BCUT2D eigenvalue weighted by atomic mass is 79.9. The highest BCUT2D eigenvalue weighted by molar-refractivity contribution is 9.10. The number of carbonyl (C=O) groups is 2. The minimum atomic E-state index is -0.954. The van der Waals surface area contributed by atoms with E-state index < -0.39 is 24.0 Å². The molecule has 2 N–H and O–H groups in total. The van der Waals surface area contributed by atoms with E-state index in [0.29, 0.717) is 47.7 Å². The van der Waals surface area contributed by atoms with E-state index in [9.17, 15) is 14.0 Å². The predicted octanol–water partition coefficient (Wildman–Crippen LogP) is 3.62. The summed E-state index contributed by atoms with van der Waals surface area (Å²) in [6.07, 6.45) is -1.27. The van der Waals surface area contributed by atoms with Gasteiger partial charge in [-0.2, -0.15) is 0 Å². The zero-order valence-electron chi connectivity index (χ0n) is 17.2. The van der Waals surface area contributed by atoms with Crippen molar-refractivity contribution in [2.45, 2.75) is 19.1 Å². The van der Waals surface area contributed by atoms with Crippen molar-refractivity contribution in [3.05, 3.63) is 57.8 Å². The van der Waals surface area contributed by atoms with Crippen LogP contribution >= 0.6 is 15.9 Å². The van der Waals surface area contributed by atoms with Gasteiger partial charge in [-0.25, -0.2) is 14.0 Å². The lowest BCUT2D eigenvalue weighted by atomic mass is 10.0. The second-order valence-corrected chi connectivity index (χ2v) is 8.47. The first-order valence-electron chi connectivity index (χ1n) is 10.3. The molecule has 8 nitrogen and oxygen atoms in total. The number of hydrogen-bond donors (Lipinski definition) is 2. The fourth-order valence-corrected chi connectivity index (χ4v) is 4.57. The molecule has 32 heavy (non-hydrogen) atoms. The zero-order chi connectivity index (χ0) is 22.7. The topological polar surface area (TPSA) is 91.3 Å². The Bertz CT molecular complexity index is 999. The maximum Gasteiger partial charge on any atom is 0.407 e. The van der Waals surface area contributed by atoms with Crippen LogP contribution in [-0.2, 0) is 17.8 Å². The Morgan fingerprint density at radius 1 is 1.22 bits per heavy atom. The van der Waals surface area contributed by atoms with Gasteiger partial charge in [0.2, 0.25) is 0 Å². The number of nitrogens with zero attached hydrogens (tertiary/aromatic N) is 2. The van der Waals surface area contributed by atoms with Gasteiger partial charge in [-0.3, -0.25) is 0 Å². The van der Waals surface area contributed by atoms with Crippen LogP contribution in [0.2, 0.25) is 0 Å². The minimum Gasteiger partial charge on any atom is -0.490 e. The lowest BCUT2D eigenvalue weighted by molar-refractivity contribution is 0.128. The van der Waals surface area contributed by atoms with E-state index in [-0.39, 0.29) is 19.6 Å². The molecule has 0 bridgehead atoms. The monoisotopic (exact) mass is 507 g/mol. The molecule has 0 radical (unpaired) electrons. The van der Waals surface area contributed by atoms with Gasteiger partial charge in [0, 0.05) is 38.2 Å². The number of benzene rings is 2. The van der Waals surface area contributed by atoms with Crippen molar-refractivity contribution in [1.29, 1.82) is 0 Å². The van der Waals surface area contributed by atoms with Gasteiger partial charge < -0.3 is 29.7 Å². The van der Waals surface area contributed by atoms with Crippen LogP contribution in [0, 0.1) is 5.82 Å². The van der Waals surface area contributed by atoms with Crippen molar-refractivity contribution in [2.24, 2.45) is 0 Å². The Morgan fingerprint density at radius 3 is 2.62 bits per heavy atom. The van der Waals surface area contributed by atoms with Gasteiger partial charge in [0.15, 0.2) is 0 Å². The number of piperazine rings is 1. The summed E-state index contributed by atoms with van der Waals surface area (Å²) in [6, 6.07) is 10.3. The molecule has 10 heteroatoms. The number of hydrogen-bond acceptors (Lipinski definition) is 5. The third-order valence-corrected chi connectivity index (χ3v) is 6.32. The molecule has 0 saturated carbocycles. The molecule has 2 aliphatic heterocycles. The maximum absolute atomic E-state index is 15.0. The Hall–Kier alpha value is -3.01. The molecule has 2 aromatic rings. The van der Waals surface area contributed by atoms with Crippen molar-refractivity contribution in [1.82, 2.24) is 10.2 Å². The first-order valence-corrected chi connectivity index (χ1v) is 11.1. The summed E-state index contributed by atoms with van der Waals surface area (Å²) >= 11 is 3.53. The standard InChI is InChI=1S/C22H23BrFN3O5/c23-19-18(26-6-8-27(9-7-26)22(29)30)11-17(24)16-10-15(13-31-20(16)19)25-21(28)32-12-14-4-2-1-3-5-14/h1-5,11,15H,6-10,12-13H2,(H,25,28)(H,29,30)/t15-/m1/s1. The lowest BCUT2D eigenvalue weighted by Crippen LogP contribution is -2.48. The van der Waals surface area contributed by atoms with Gasteiger partial charge in [0.05, 0.1) is 16.2 Å². The number of rotatable bonds is 4. The van der Waals surface area contributed by atoms with E-state index in [4.69, 9.17) is 14.6 Å². The lowest BCUT2D eigenvalue weighted by Gasteiger charge is -2.36. The summed E-state index contributed by atoms with van der Waals surface area (Å²) < 4.78 is 26.7. The van der Waals surface area contributed by atoms with Crippen LogP contribution < -0.4 is 15.0 Å². The summed E-state index contributed by atoms with van der Waals surface area (Å²) in [4.78, 5) is 26.5. The molecule has 0 aromatic heterocycles. The molecule has 170 valence electrons. The molecule has 2 aromatic carbocycles. The fourth-order valence-electron chi connectivity index (χ4n) is 3.85. The number of nitrogens with one attached hydrogen (secondary N) is 1. The van der Waals surface area contributed by atoms with E-state index in [2.05, 4.69) is 21.2 Å². The third-order valence-electron chi connectivity index (χ3n) is 5.56. The van der Waals surface area contributed by atoms with Crippen LogP contribution in [0.3, 0.4) is 0 Å². The van der Waals surface area contributed by atoms with Crippen molar-refractivity contribution < 1.29 is 28.6 Å². The van der Waals surface area contributed by atoms with Crippen molar-refractivity contribution in [2.75, 3.05) is 37.7 Å². The highest BCUT2D eigenvalue weighted by Gasteiger charge is 2.30. The van der Waals surface area contributed by atoms with Gasteiger partial charge in [0.25, 0.3) is 0 Å². The molecule has 2 aliphatic rings. The second-order valence-electron chi connectivity index (χ2n) is 7.67. The molecule has 0 unspecified atom stereocenters. The van der Waals surface area contributed by atoms with E-state index in [1.165, 1.54) is 11.0 Å². The molecule has 1 atom stereocenters. The van der Waals surface area contributed by atoms with Crippen LogP contribution in [0.5, 0.6) is 5.75 Å². The Labute approximate surface area is 193 Å². The fraction of sp³-hybridized carbons (Fsp3) is 0.364. The van der Waals surface area contributed by atoms with Crippen LogP contribution in [-0.4, -0.2) is 61.0 Å². The number of carboxylic acid groups (broad SMARTS) is 1. The zero-order valence-corrected chi connectivity index (χ0v) is 18.8. The van der Waals surface area contributed by atoms with E-state index in [1.807, 2.05) is 35.2 Å². The van der Waals surface area contributed by atoms with E-state index in [1.54, 1.807) is 0 Å². The largest absolute Gasteiger partial charge is 0.490 e. The normalized spacial score (nSPS) is 17.9. The average molecular weight is 508 g/mol. The van der Waals surface area contributed by atoms with Crippen LogP contribution in [0.1, 0.15) is 11.1 Å². The second kappa shape index (κ2) is 9.64. The molecule has 0 spiro atoms. The highest BCUT2D eigenvalue weighted by Crippen LogP contribution is 2.42. The summed E-state index contributed by atoms with van der Waals surface area (Å²) in [5.41, 5.74) is 1.88. The van der Waals surface area contributed by atoms with Gasteiger partial charge in [-0.1, -0.05) is 30.3 Å². The Morgan fingerprint density at radius 2 is 1.94 bits per heavy atom. The minimum absolute atomic E-state index is 0.148. The van der Waals surface area contributed by atoms with Gasteiger partial charge >= 0.3 is 12.2 Å². The van der Waals surface area contributed by atoms with Crippen LogP contribution in [0.4, 0.5) is 19.7 Å². The first-order chi connectivity index (χ1) is 15.4. The summed E-state index contributed by atoms with van der Waals surface area (Å²) in [6.45, 7) is 1.94. The smallest absolute Gasteiger partial charge is 0.407 e. The van der Waals surface area contributed by atoms with Crippen molar-refractivity contribution in [3.63, 3.8) is 0 Å². The van der Waals surface area contributed by atoms with Crippen molar-refractivity contribution in [3.8, 4) is 5.75 Å². The summed E-state index contributed by atoms with van der Waals surface area (Å²) in [5, 5.41) is 11.8. The summed E-state index contributed by atoms with van der Waals surface area (Å²) in [5.74, 6) is -0.0145.